The van der Waals surface area contributed by atoms with E-state index in [1.54, 1.807) is 7.05 Å². The first-order valence-electron chi connectivity index (χ1n) is 6.77. The van der Waals surface area contributed by atoms with Crippen molar-refractivity contribution in [3.63, 3.8) is 0 Å². The van der Waals surface area contributed by atoms with E-state index in [9.17, 15) is 4.79 Å². The lowest BCUT2D eigenvalue weighted by molar-refractivity contribution is -0.128. The summed E-state index contributed by atoms with van der Waals surface area (Å²) in [6, 6.07) is 6.35. The molecule has 0 spiro atoms. The molecule has 1 aliphatic rings. The third kappa shape index (κ3) is 2.59. The molecular weight excluding hydrogens is 238 g/mol. The van der Waals surface area contributed by atoms with E-state index in [1.165, 1.54) is 16.8 Å². The van der Waals surface area contributed by atoms with Crippen molar-refractivity contribution in [3.05, 3.63) is 29.3 Å². The zero-order valence-electron chi connectivity index (χ0n) is 12.0. The number of amides is 1. The minimum absolute atomic E-state index is 0.130. The maximum absolute atomic E-state index is 11.9. The lowest BCUT2D eigenvalue weighted by atomic mass is 9.89. The molecule has 1 heterocycles. The normalized spacial score (nSPS) is 22.6. The van der Waals surface area contributed by atoms with Crippen molar-refractivity contribution in [2.45, 2.75) is 26.8 Å². The van der Waals surface area contributed by atoms with Crippen LogP contribution in [0.2, 0.25) is 0 Å². The fraction of sp³-hybridized carbons (Fsp3) is 0.533. The number of nitrogens with zero attached hydrogens (tertiary/aromatic N) is 1. The molecule has 1 unspecified atom stereocenters. The minimum atomic E-state index is -0.283. The molecule has 0 radical (unpaired) electrons. The highest BCUT2D eigenvalue weighted by atomic mass is 16.2. The molecule has 0 bridgehead atoms. The number of aryl methyl sites for hydroxylation is 1. The van der Waals surface area contributed by atoms with Crippen molar-refractivity contribution in [2.75, 3.05) is 25.0 Å². The number of hydrogen-bond acceptors (Lipinski definition) is 3. The third-order valence-electron chi connectivity index (χ3n) is 4.16. The Morgan fingerprint density at radius 3 is 2.84 bits per heavy atom. The molecule has 1 amide bonds. The van der Waals surface area contributed by atoms with Crippen LogP contribution in [0.5, 0.6) is 0 Å². The summed E-state index contributed by atoms with van der Waals surface area (Å²) in [6.07, 6.45) is 0.893. The first kappa shape index (κ1) is 13.9. The second kappa shape index (κ2) is 5.21. The second-order valence-corrected chi connectivity index (χ2v) is 5.63. The van der Waals surface area contributed by atoms with E-state index < -0.39 is 0 Å². The van der Waals surface area contributed by atoms with Gasteiger partial charge in [-0.3, -0.25) is 4.79 Å². The first-order valence-corrected chi connectivity index (χ1v) is 6.77. The van der Waals surface area contributed by atoms with Gasteiger partial charge in [-0.2, -0.15) is 0 Å². The Morgan fingerprint density at radius 1 is 1.53 bits per heavy atom. The number of nitrogens with one attached hydrogen (secondary N) is 1. The molecule has 2 rings (SSSR count). The average molecular weight is 261 g/mol. The van der Waals surface area contributed by atoms with Crippen LogP contribution in [0.3, 0.4) is 0 Å². The predicted octanol–water partition coefficient (Wildman–Crippen LogP) is 1.42. The van der Waals surface area contributed by atoms with E-state index in [4.69, 9.17) is 5.73 Å². The van der Waals surface area contributed by atoms with Crippen molar-refractivity contribution in [2.24, 2.45) is 11.1 Å². The number of anilines is 1. The smallest absolute Gasteiger partial charge is 0.227 e. The van der Waals surface area contributed by atoms with Crippen LogP contribution in [-0.4, -0.2) is 26.0 Å². The monoisotopic (exact) mass is 261 g/mol. The molecule has 4 nitrogen and oxygen atoms in total. The zero-order chi connectivity index (χ0) is 14.0. The topological polar surface area (TPSA) is 58.4 Å². The molecule has 1 aromatic carbocycles. The molecule has 1 aliphatic heterocycles. The predicted molar refractivity (Wildman–Crippen MR) is 78.1 cm³/mol. The third-order valence-corrected chi connectivity index (χ3v) is 4.16. The summed E-state index contributed by atoms with van der Waals surface area (Å²) in [6.45, 7) is 6.38. The lowest BCUT2D eigenvalue weighted by Crippen LogP contribution is -2.39. The molecule has 3 N–H and O–H groups in total. The number of nitrogens with two attached hydrogens (primary N) is 1. The van der Waals surface area contributed by atoms with E-state index >= 15 is 0 Å². The van der Waals surface area contributed by atoms with Gasteiger partial charge in [0.1, 0.15) is 0 Å². The van der Waals surface area contributed by atoms with Gasteiger partial charge in [0.25, 0.3) is 0 Å². The average Bonchev–Trinajstić information content (AvgIpc) is 2.81. The van der Waals surface area contributed by atoms with E-state index in [0.29, 0.717) is 6.54 Å². The summed E-state index contributed by atoms with van der Waals surface area (Å²) >= 11 is 0. The molecule has 4 heteroatoms. The maximum atomic E-state index is 11.9. The van der Waals surface area contributed by atoms with Crippen LogP contribution in [0.1, 0.15) is 24.5 Å². The fourth-order valence-electron chi connectivity index (χ4n) is 2.77. The molecule has 19 heavy (non-hydrogen) atoms. The first-order chi connectivity index (χ1) is 9.00. The van der Waals surface area contributed by atoms with Crippen LogP contribution in [0.4, 0.5) is 5.69 Å². The number of benzene rings is 1. The van der Waals surface area contributed by atoms with Crippen LogP contribution < -0.4 is 16.0 Å². The van der Waals surface area contributed by atoms with Gasteiger partial charge in [-0.15, -0.1) is 0 Å². The van der Waals surface area contributed by atoms with Crippen LogP contribution in [0, 0.1) is 12.3 Å². The number of carbonyl (C=O) groups is 1. The fourth-order valence-corrected chi connectivity index (χ4v) is 2.77. The molecule has 104 valence electrons. The number of hydrogen-bond donors (Lipinski definition) is 2. The van der Waals surface area contributed by atoms with Gasteiger partial charge in [0.15, 0.2) is 0 Å². The summed E-state index contributed by atoms with van der Waals surface area (Å²) in [4.78, 5) is 14.2. The Kier molecular flexibility index (Phi) is 3.80. The Hall–Kier alpha value is -1.55. The molecular formula is C15H23N3O. The molecule has 0 aliphatic carbocycles. The van der Waals surface area contributed by atoms with Gasteiger partial charge in [-0.05, 0) is 43.5 Å². The highest BCUT2D eigenvalue weighted by molar-refractivity contribution is 5.83. The van der Waals surface area contributed by atoms with Crippen molar-refractivity contribution in [3.8, 4) is 0 Å². The van der Waals surface area contributed by atoms with Gasteiger partial charge in [-0.25, -0.2) is 0 Å². The molecule has 1 aromatic rings. The Balaban J connectivity index is 2.17. The van der Waals surface area contributed by atoms with Crippen molar-refractivity contribution < 1.29 is 4.79 Å². The van der Waals surface area contributed by atoms with Gasteiger partial charge in [0.05, 0.1) is 5.41 Å². The Bertz CT molecular complexity index is 486. The zero-order valence-corrected chi connectivity index (χ0v) is 12.0. The largest absolute Gasteiger partial charge is 0.370 e. The quantitative estimate of drug-likeness (QED) is 0.865. The van der Waals surface area contributed by atoms with Gasteiger partial charge < -0.3 is 16.0 Å². The highest BCUT2D eigenvalue weighted by Crippen LogP contribution is 2.33. The lowest BCUT2D eigenvalue weighted by Gasteiger charge is -2.24. The van der Waals surface area contributed by atoms with Crippen molar-refractivity contribution in [1.29, 1.82) is 0 Å². The molecule has 1 atom stereocenters. The van der Waals surface area contributed by atoms with Gasteiger partial charge >= 0.3 is 0 Å². The van der Waals surface area contributed by atoms with E-state index in [-0.39, 0.29) is 11.3 Å². The van der Waals surface area contributed by atoms with Crippen LogP contribution in [0.25, 0.3) is 0 Å². The Labute approximate surface area is 115 Å². The summed E-state index contributed by atoms with van der Waals surface area (Å²) < 4.78 is 0. The standard InChI is InChI=1S/C15H23N3O/c1-11-8-13(5-4-12(11)9-16)18-7-6-15(2,10-18)14(19)17-3/h4-5,8H,6-7,9-10,16H2,1-3H3,(H,17,19). The van der Waals surface area contributed by atoms with Gasteiger partial charge in [0, 0.05) is 32.4 Å². The number of carbonyl (C=O) groups excluding carboxylic acids is 1. The van der Waals surface area contributed by atoms with Gasteiger partial charge in [-0.1, -0.05) is 6.07 Å². The van der Waals surface area contributed by atoms with Crippen molar-refractivity contribution >= 4 is 11.6 Å². The summed E-state index contributed by atoms with van der Waals surface area (Å²) in [7, 11) is 1.70. The van der Waals surface area contributed by atoms with Gasteiger partial charge in [0.2, 0.25) is 5.91 Å². The Morgan fingerprint density at radius 2 is 2.26 bits per heavy atom. The summed E-state index contributed by atoms with van der Waals surface area (Å²) in [5.74, 6) is 0.130. The molecule has 0 aromatic heterocycles. The summed E-state index contributed by atoms with van der Waals surface area (Å²) in [5, 5.41) is 2.77. The molecule has 0 saturated carbocycles. The number of rotatable bonds is 3. The highest BCUT2D eigenvalue weighted by Gasteiger charge is 2.39. The van der Waals surface area contributed by atoms with E-state index in [1.807, 2.05) is 6.92 Å². The van der Waals surface area contributed by atoms with Crippen LogP contribution >= 0.6 is 0 Å². The van der Waals surface area contributed by atoms with E-state index in [0.717, 1.165) is 19.5 Å². The maximum Gasteiger partial charge on any atom is 0.227 e. The molecule has 1 saturated heterocycles. The second-order valence-electron chi connectivity index (χ2n) is 5.63. The molecule has 1 fully saturated rings. The van der Waals surface area contributed by atoms with Crippen LogP contribution in [-0.2, 0) is 11.3 Å². The minimum Gasteiger partial charge on any atom is -0.370 e. The van der Waals surface area contributed by atoms with Crippen molar-refractivity contribution in [1.82, 2.24) is 5.32 Å². The van der Waals surface area contributed by atoms with Crippen LogP contribution in [0.15, 0.2) is 18.2 Å². The van der Waals surface area contributed by atoms with E-state index in [2.05, 4.69) is 35.3 Å². The SMILES string of the molecule is CNC(=O)C1(C)CCN(c2ccc(CN)c(C)c2)C1. The summed E-state index contributed by atoms with van der Waals surface area (Å²) in [5.41, 5.74) is 8.98.